The summed E-state index contributed by atoms with van der Waals surface area (Å²) in [6.07, 6.45) is 0. The number of aliphatic imine (C=N–C) groups is 1. The van der Waals surface area contributed by atoms with Gasteiger partial charge in [-0.15, -0.1) is 11.3 Å². The summed E-state index contributed by atoms with van der Waals surface area (Å²) < 4.78 is 10.7. The molecule has 5 rings (SSSR count). The topological polar surface area (TPSA) is 89.9 Å². The maximum Gasteiger partial charge on any atom is 0.337 e. The molecule has 0 bridgehead atoms. The van der Waals surface area contributed by atoms with Crippen LogP contribution in [0.15, 0.2) is 76.2 Å². The molecule has 1 aromatic heterocycles. The Hall–Kier alpha value is -3.78. The molecule has 2 aromatic carbocycles. The van der Waals surface area contributed by atoms with E-state index >= 15 is 0 Å². The van der Waals surface area contributed by atoms with Crippen LogP contribution in [0.25, 0.3) is 11.3 Å². The van der Waals surface area contributed by atoms with Gasteiger partial charge >= 0.3 is 11.9 Å². The fraction of sp³-hybridized carbons (Fsp3) is 0.231. The number of hydrogen-bond acceptors (Lipinski definition) is 8. The first-order chi connectivity index (χ1) is 16.6. The molecule has 0 radical (unpaired) electrons. The van der Waals surface area contributed by atoms with E-state index in [1.165, 1.54) is 11.3 Å². The molecule has 2 aliphatic rings. The molecule has 2 atom stereocenters. The van der Waals surface area contributed by atoms with E-state index in [0.717, 1.165) is 22.5 Å². The van der Waals surface area contributed by atoms with E-state index in [4.69, 9.17) is 14.5 Å². The van der Waals surface area contributed by atoms with E-state index < -0.39 is 23.8 Å². The zero-order valence-electron chi connectivity index (χ0n) is 18.8. The second kappa shape index (κ2) is 9.23. The van der Waals surface area contributed by atoms with E-state index in [-0.39, 0.29) is 13.2 Å². The standard InChI is InChI=1S/C26H23N3O4S/c1-3-32-24(30)21-15(2)27-19-13-33-25(31)23(19)22(21)17-11-7-8-12-18(17)28-26-29-20(14-34-26)16-9-5-4-6-10-16/h4-12,14,21-22H,3,13H2,1-2H3,(H,28,29). The molecule has 0 aliphatic carbocycles. The van der Waals surface area contributed by atoms with E-state index in [0.29, 0.717) is 22.1 Å². The van der Waals surface area contributed by atoms with Crippen LogP contribution in [-0.4, -0.2) is 35.8 Å². The number of carbonyl (C=O) groups is 2. The predicted octanol–water partition coefficient (Wildman–Crippen LogP) is 5.10. The van der Waals surface area contributed by atoms with Crippen molar-refractivity contribution in [3.05, 3.63) is 76.8 Å². The molecule has 8 heteroatoms. The highest BCUT2D eigenvalue weighted by Gasteiger charge is 2.46. The minimum Gasteiger partial charge on any atom is -0.465 e. The second-order valence-electron chi connectivity index (χ2n) is 8.01. The maximum atomic E-state index is 13.0. The highest BCUT2D eigenvalue weighted by atomic mass is 32.1. The van der Waals surface area contributed by atoms with Gasteiger partial charge < -0.3 is 14.8 Å². The largest absolute Gasteiger partial charge is 0.465 e. The quantitative estimate of drug-likeness (QED) is 0.501. The molecule has 0 fully saturated rings. The number of ether oxygens (including phenoxy) is 2. The minimum atomic E-state index is -0.719. The normalized spacial score (nSPS) is 19.4. The van der Waals surface area contributed by atoms with Crippen molar-refractivity contribution in [1.82, 2.24) is 4.98 Å². The summed E-state index contributed by atoms with van der Waals surface area (Å²) in [5.41, 5.74) is 5.06. The number of para-hydroxylation sites is 1. The Balaban J connectivity index is 1.54. The van der Waals surface area contributed by atoms with Gasteiger partial charge in [0.15, 0.2) is 5.13 Å². The Morgan fingerprint density at radius 1 is 1.18 bits per heavy atom. The molecule has 34 heavy (non-hydrogen) atoms. The average molecular weight is 474 g/mol. The summed E-state index contributed by atoms with van der Waals surface area (Å²) >= 11 is 1.49. The van der Waals surface area contributed by atoms with Gasteiger partial charge in [-0.3, -0.25) is 9.79 Å². The molecule has 172 valence electrons. The van der Waals surface area contributed by atoms with Crippen molar-refractivity contribution >= 4 is 39.8 Å². The molecule has 1 N–H and O–H groups in total. The first kappa shape index (κ1) is 22.0. The smallest absolute Gasteiger partial charge is 0.337 e. The summed E-state index contributed by atoms with van der Waals surface area (Å²) in [5, 5.41) is 6.11. The number of esters is 2. The molecule has 0 saturated heterocycles. The van der Waals surface area contributed by atoms with Gasteiger partial charge in [0.2, 0.25) is 0 Å². The monoisotopic (exact) mass is 473 g/mol. The fourth-order valence-electron chi connectivity index (χ4n) is 4.44. The Kier molecular flexibility index (Phi) is 5.98. The zero-order valence-corrected chi connectivity index (χ0v) is 19.6. The van der Waals surface area contributed by atoms with Crippen molar-refractivity contribution in [1.29, 1.82) is 0 Å². The lowest BCUT2D eigenvalue weighted by molar-refractivity contribution is -0.146. The van der Waals surface area contributed by atoms with Gasteiger partial charge in [0.1, 0.15) is 12.5 Å². The number of cyclic esters (lactones) is 1. The summed E-state index contributed by atoms with van der Waals surface area (Å²) in [5.74, 6) is -2.14. The third-order valence-electron chi connectivity index (χ3n) is 5.93. The Labute approximate surface area is 201 Å². The van der Waals surface area contributed by atoms with Crippen LogP contribution < -0.4 is 5.32 Å². The third kappa shape index (κ3) is 4.01. The molecular formula is C26H23N3O4S. The van der Waals surface area contributed by atoms with E-state index in [9.17, 15) is 9.59 Å². The average Bonchev–Trinajstić information content (AvgIpc) is 3.46. The Morgan fingerprint density at radius 2 is 1.94 bits per heavy atom. The van der Waals surface area contributed by atoms with Gasteiger partial charge in [0, 0.05) is 28.3 Å². The van der Waals surface area contributed by atoms with Crippen LogP contribution in [0.2, 0.25) is 0 Å². The number of thiazole rings is 1. The third-order valence-corrected chi connectivity index (χ3v) is 6.69. The van der Waals surface area contributed by atoms with Crippen LogP contribution in [0.4, 0.5) is 10.8 Å². The highest BCUT2D eigenvalue weighted by Crippen LogP contribution is 2.45. The Morgan fingerprint density at radius 3 is 2.74 bits per heavy atom. The van der Waals surface area contributed by atoms with Gasteiger partial charge in [-0.25, -0.2) is 9.78 Å². The number of nitrogens with one attached hydrogen (secondary N) is 1. The molecule has 3 aromatic rings. The first-order valence-corrected chi connectivity index (χ1v) is 11.9. The molecule has 2 aliphatic heterocycles. The molecule has 0 saturated carbocycles. The van der Waals surface area contributed by atoms with Gasteiger partial charge in [-0.2, -0.15) is 0 Å². The number of carbonyl (C=O) groups excluding carboxylic acids is 2. The van der Waals surface area contributed by atoms with E-state index in [1.807, 2.05) is 60.0 Å². The summed E-state index contributed by atoms with van der Waals surface area (Å²) in [6, 6.07) is 17.6. The van der Waals surface area contributed by atoms with E-state index in [2.05, 4.69) is 10.3 Å². The summed E-state index contributed by atoms with van der Waals surface area (Å²) in [7, 11) is 0. The minimum absolute atomic E-state index is 0.111. The van der Waals surface area contributed by atoms with Gasteiger partial charge in [0.25, 0.3) is 0 Å². The van der Waals surface area contributed by atoms with Crippen LogP contribution in [0.3, 0.4) is 0 Å². The number of benzene rings is 2. The van der Waals surface area contributed by atoms with Crippen molar-refractivity contribution in [3.8, 4) is 11.3 Å². The highest BCUT2D eigenvalue weighted by molar-refractivity contribution is 7.14. The molecule has 3 heterocycles. The lowest BCUT2D eigenvalue weighted by Gasteiger charge is -2.30. The van der Waals surface area contributed by atoms with Crippen LogP contribution in [0.1, 0.15) is 25.3 Å². The van der Waals surface area contributed by atoms with Crippen LogP contribution in [0.5, 0.6) is 0 Å². The van der Waals surface area contributed by atoms with Crippen LogP contribution in [0, 0.1) is 5.92 Å². The van der Waals surface area contributed by atoms with Crippen molar-refractivity contribution in [2.24, 2.45) is 10.9 Å². The summed E-state index contributed by atoms with van der Waals surface area (Å²) in [6.45, 7) is 3.91. The Bertz CT molecular complexity index is 1310. The van der Waals surface area contributed by atoms with Crippen molar-refractivity contribution in [2.75, 3.05) is 18.5 Å². The van der Waals surface area contributed by atoms with Gasteiger partial charge in [-0.05, 0) is 25.5 Å². The van der Waals surface area contributed by atoms with Crippen LogP contribution >= 0.6 is 11.3 Å². The number of rotatable bonds is 6. The molecule has 7 nitrogen and oxygen atoms in total. The molecule has 2 unspecified atom stereocenters. The van der Waals surface area contributed by atoms with Crippen molar-refractivity contribution in [3.63, 3.8) is 0 Å². The number of aromatic nitrogens is 1. The van der Waals surface area contributed by atoms with Gasteiger partial charge in [0.05, 0.1) is 23.6 Å². The second-order valence-corrected chi connectivity index (χ2v) is 8.87. The van der Waals surface area contributed by atoms with Crippen molar-refractivity contribution < 1.29 is 19.1 Å². The number of nitrogens with zero attached hydrogens (tertiary/aromatic N) is 2. The molecule has 0 amide bonds. The predicted molar refractivity (Wildman–Crippen MR) is 131 cm³/mol. The summed E-state index contributed by atoms with van der Waals surface area (Å²) in [4.78, 5) is 35.0. The number of anilines is 2. The molecule has 0 spiro atoms. The SMILES string of the molecule is CCOC(=O)C1C(C)=NC2=C(C(=O)OC2)C1c1ccccc1Nc1nc(-c2ccccc2)cs1. The number of hydrogen-bond donors (Lipinski definition) is 1. The first-order valence-electron chi connectivity index (χ1n) is 11.1. The van der Waals surface area contributed by atoms with E-state index in [1.54, 1.807) is 13.8 Å². The van der Waals surface area contributed by atoms with Crippen molar-refractivity contribution in [2.45, 2.75) is 19.8 Å². The molecular weight excluding hydrogens is 450 g/mol. The lowest BCUT2D eigenvalue weighted by Crippen LogP contribution is -2.35. The zero-order chi connectivity index (χ0) is 23.7. The lowest BCUT2D eigenvalue weighted by atomic mass is 9.75. The fourth-order valence-corrected chi connectivity index (χ4v) is 5.17. The van der Waals surface area contributed by atoms with Crippen LogP contribution in [-0.2, 0) is 19.1 Å². The van der Waals surface area contributed by atoms with Gasteiger partial charge in [-0.1, -0.05) is 48.5 Å². The maximum absolute atomic E-state index is 13.0.